The van der Waals surface area contributed by atoms with E-state index in [9.17, 15) is 30.0 Å². The molecule has 0 fully saturated rings. The lowest BCUT2D eigenvalue weighted by Gasteiger charge is -2.24. The molecule has 0 bridgehead atoms. The highest BCUT2D eigenvalue weighted by molar-refractivity contribution is 5.84. The van der Waals surface area contributed by atoms with Gasteiger partial charge in [0.2, 0.25) is 0 Å². The lowest BCUT2D eigenvalue weighted by molar-refractivity contribution is -0.162. The molecule has 0 spiro atoms. The first-order valence-electron chi connectivity index (χ1n) is 19.3. The number of Topliss-reactive ketones (excluding diaryl/α,β-unsaturated/α-hetero) is 1. The predicted molar refractivity (Wildman–Crippen MR) is 187 cm³/mol. The van der Waals surface area contributed by atoms with E-state index >= 15 is 0 Å². The number of ketones is 1. The molecule has 8 nitrogen and oxygen atoms in total. The Bertz CT molecular complexity index is 688. The van der Waals surface area contributed by atoms with E-state index in [1.165, 1.54) is 122 Å². The summed E-state index contributed by atoms with van der Waals surface area (Å²) in [5.74, 6) is -2.40. The predicted octanol–water partition coefficient (Wildman–Crippen LogP) is 7.72. The molecular weight excluding hydrogens is 584 g/mol. The molecule has 0 saturated carbocycles. The van der Waals surface area contributed by atoms with E-state index < -0.39 is 55.3 Å². The van der Waals surface area contributed by atoms with Crippen LogP contribution in [0.5, 0.6) is 0 Å². The summed E-state index contributed by atoms with van der Waals surface area (Å²) in [5.41, 5.74) is 0. The quantitative estimate of drug-likeness (QED) is 0.0344. The average Bonchev–Trinajstić information content (AvgIpc) is 3.06. The Morgan fingerprint density at radius 1 is 0.500 bits per heavy atom. The lowest BCUT2D eigenvalue weighted by Crippen LogP contribution is -2.45. The van der Waals surface area contributed by atoms with Crippen molar-refractivity contribution in [3.63, 3.8) is 0 Å². The van der Waals surface area contributed by atoms with Crippen LogP contribution in [-0.2, 0) is 14.3 Å². The molecule has 0 radical (unpaired) electrons. The van der Waals surface area contributed by atoms with Crippen molar-refractivity contribution in [2.75, 3.05) is 13.2 Å². The van der Waals surface area contributed by atoms with Crippen LogP contribution in [-0.4, -0.2) is 74.9 Å². The van der Waals surface area contributed by atoms with Crippen LogP contribution in [0.4, 0.5) is 0 Å². The number of hydrogen-bond donors (Lipinski definition) is 5. The molecule has 0 aromatic heterocycles. The van der Waals surface area contributed by atoms with Gasteiger partial charge >= 0.3 is 5.97 Å². The summed E-state index contributed by atoms with van der Waals surface area (Å²) in [6.45, 7) is 2.89. The van der Waals surface area contributed by atoms with Gasteiger partial charge in [-0.1, -0.05) is 174 Å². The van der Waals surface area contributed by atoms with Crippen LogP contribution in [0.2, 0.25) is 0 Å². The molecule has 5 atom stereocenters. The van der Waals surface area contributed by atoms with Crippen LogP contribution in [0.25, 0.3) is 0 Å². The van der Waals surface area contributed by atoms with Gasteiger partial charge in [-0.05, 0) is 12.8 Å². The third kappa shape index (κ3) is 25.0. The zero-order valence-electron chi connectivity index (χ0n) is 29.9. The number of carbonyl (C=O) groups is 2. The third-order valence-electron chi connectivity index (χ3n) is 9.34. The molecule has 0 rings (SSSR count). The number of ether oxygens (including phenoxy) is 1. The van der Waals surface area contributed by atoms with Crippen LogP contribution < -0.4 is 0 Å². The molecule has 0 aromatic rings. The zero-order valence-corrected chi connectivity index (χ0v) is 29.9. The molecule has 0 unspecified atom stereocenters. The summed E-state index contributed by atoms with van der Waals surface area (Å²) in [4.78, 5) is 24.4. The molecule has 0 aliphatic heterocycles. The summed E-state index contributed by atoms with van der Waals surface area (Å²) in [7, 11) is 0. The van der Waals surface area contributed by atoms with E-state index in [2.05, 4.69) is 13.8 Å². The fraction of sp³-hybridized carbons (Fsp3) is 0.947. The van der Waals surface area contributed by atoms with E-state index in [0.717, 1.165) is 38.5 Å². The van der Waals surface area contributed by atoms with Crippen molar-refractivity contribution < 1.29 is 39.9 Å². The second kappa shape index (κ2) is 32.5. The van der Waals surface area contributed by atoms with Gasteiger partial charge in [0.25, 0.3) is 0 Å². The number of rotatable bonds is 35. The highest BCUT2D eigenvalue weighted by Gasteiger charge is 2.32. The van der Waals surface area contributed by atoms with E-state index in [1.807, 2.05) is 0 Å². The maximum Gasteiger partial charge on any atom is 0.311 e. The summed E-state index contributed by atoms with van der Waals surface area (Å²) in [5, 5.41) is 49.7. The molecule has 8 heteroatoms. The summed E-state index contributed by atoms with van der Waals surface area (Å²) in [6.07, 6.45) is 25.1. The minimum absolute atomic E-state index is 0.486. The molecule has 0 saturated heterocycles. The Morgan fingerprint density at radius 2 is 0.848 bits per heavy atom. The number of aliphatic hydroxyl groups excluding tert-OH is 5. The van der Waals surface area contributed by atoms with Gasteiger partial charge < -0.3 is 30.3 Å². The van der Waals surface area contributed by atoms with Crippen molar-refractivity contribution in [1.29, 1.82) is 0 Å². The number of hydrogen-bond acceptors (Lipinski definition) is 8. The topological polar surface area (TPSA) is 145 Å². The molecule has 0 heterocycles. The summed E-state index contributed by atoms with van der Waals surface area (Å²) >= 11 is 0. The van der Waals surface area contributed by atoms with Crippen LogP contribution in [0.3, 0.4) is 0 Å². The van der Waals surface area contributed by atoms with Gasteiger partial charge in [-0.3, -0.25) is 9.59 Å². The second-order valence-electron chi connectivity index (χ2n) is 13.6. The Kier molecular flexibility index (Phi) is 31.7. The van der Waals surface area contributed by atoms with E-state index in [1.54, 1.807) is 0 Å². The molecule has 0 aliphatic rings. The molecular formula is C38H74O8. The van der Waals surface area contributed by atoms with Crippen LogP contribution in [0.15, 0.2) is 0 Å². The largest absolute Gasteiger partial charge is 0.463 e. The minimum Gasteiger partial charge on any atom is -0.463 e. The highest BCUT2D eigenvalue weighted by Crippen LogP contribution is 2.22. The van der Waals surface area contributed by atoms with Gasteiger partial charge in [-0.2, -0.15) is 0 Å². The fourth-order valence-electron chi connectivity index (χ4n) is 6.11. The van der Waals surface area contributed by atoms with Crippen LogP contribution in [0.1, 0.15) is 187 Å². The first-order chi connectivity index (χ1) is 22.3. The number of aliphatic hydroxyl groups is 5. The number of carbonyl (C=O) groups excluding carboxylic acids is 2. The highest BCUT2D eigenvalue weighted by atomic mass is 16.5. The summed E-state index contributed by atoms with van der Waals surface area (Å²) < 4.78 is 5.25. The smallest absolute Gasteiger partial charge is 0.311 e. The van der Waals surface area contributed by atoms with E-state index in [4.69, 9.17) is 9.84 Å². The maximum atomic E-state index is 13.0. The monoisotopic (exact) mass is 659 g/mol. The lowest BCUT2D eigenvalue weighted by atomic mass is 9.91. The molecule has 5 N–H and O–H groups in total. The number of esters is 1. The third-order valence-corrected chi connectivity index (χ3v) is 9.34. The van der Waals surface area contributed by atoms with Crippen molar-refractivity contribution in [1.82, 2.24) is 0 Å². The Balaban J connectivity index is 4.50. The van der Waals surface area contributed by atoms with Gasteiger partial charge in [0.1, 0.15) is 31.5 Å². The molecule has 46 heavy (non-hydrogen) atoms. The molecule has 274 valence electrons. The molecule has 0 aliphatic carbocycles. The SMILES string of the molecule is CCCCCCCCCCCCCCC[C@H](O)[C@@H](CCCCCCCCCCCCCC)C(=O)OC[C@@H](O)[C@@H](O)[C@H](O)C(=O)CO. The van der Waals surface area contributed by atoms with Gasteiger partial charge in [0, 0.05) is 0 Å². The van der Waals surface area contributed by atoms with Crippen molar-refractivity contribution >= 4 is 11.8 Å². The van der Waals surface area contributed by atoms with Crippen molar-refractivity contribution in [3.8, 4) is 0 Å². The first kappa shape index (κ1) is 44.9. The zero-order chi connectivity index (χ0) is 34.3. The maximum absolute atomic E-state index is 13.0. The second-order valence-corrected chi connectivity index (χ2v) is 13.6. The standard InChI is InChI=1S/C38H74O8/c1-3-5-7-9-11-13-15-17-19-21-23-25-27-29-33(40)32(28-26-24-22-20-18-16-14-12-10-8-6-4-2)38(45)46-31-35(42)37(44)36(43)34(41)30-39/h32-33,35-37,39-40,42-44H,3-31H2,1-2H3/t32-,33+,35-,36-,37-/m1/s1. The molecule has 0 aromatic carbocycles. The fourth-order valence-corrected chi connectivity index (χ4v) is 6.11. The van der Waals surface area contributed by atoms with Gasteiger partial charge in [-0.25, -0.2) is 0 Å². The first-order valence-corrected chi connectivity index (χ1v) is 19.3. The Labute approximate surface area is 282 Å². The molecule has 0 amide bonds. The van der Waals surface area contributed by atoms with Crippen molar-refractivity contribution in [2.24, 2.45) is 5.92 Å². The normalized spacial score (nSPS) is 14.9. The van der Waals surface area contributed by atoms with E-state index in [-0.39, 0.29) is 0 Å². The van der Waals surface area contributed by atoms with Crippen molar-refractivity contribution in [3.05, 3.63) is 0 Å². The Morgan fingerprint density at radius 3 is 1.22 bits per heavy atom. The van der Waals surface area contributed by atoms with Crippen LogP contribution >= 0.6 is 0 Å². The van der Waals surface area contributed by atoms with Gasteiger partial charge in [-0.15, -0.1) is 0 Å². The Hall–Kier alpha value is -1.06. The minimum atomic E-state index is -1.98. The number of unbranched alkanes of at least 4 members (excludes halogenated alkanes) is 23. The van der Waals surface area contributed by atoms with Crippen LogP contribution in [0, 0.1) is 5.92 Å². The van der Waals surface area contributed by atoms with Crippen molar-refractivity contribution in [2.45, 2.75) is 212 Å². The average molecular weight is 659 g/mol. The van der Waals surface area contributed by atoms with Gasteiger partial charge in [0.15, 0.2) is 5.78 Å². The summed E-state index contributed by atoms with van der Waals surface area (Å²) in [6, 6.07) is 0. The van der Waals surface area contributed by atoms with E-state index in [0.29, 0.717) is 12.8 Å². The van der Waals surface area contributed by atoms with Gasteiger partial charge in [0.05, 0.1) is 12.0 Å².